The van der Waals surface area contributed by atoms with E-state index in [1.54, 1.807) is 11.0 Å². The second-order valence-electron chi connectivity index (χ2n) is 4.76. The molecule has 2 rings (SSSR count). The molecule has 2 N–H and O–H groups in total. The van der Waals surface area contributed by atoms with Gasteiger partial charge < -0.3 is 4.90 Å². The fourth-order valence-electron chi connectivity index (χ4n) is 2.30. The Morgan fingerprint density at radius 1 is 1.25 bits per heavy atom. The topological polar surface area (TPSA) is 80.5 Å². The summed E-state index contributed by atoms with van der Waals surface area (Å²) in [4.78, 5) is 15.1. The lowest BCUT2D eigenvalue weighted by molar-refractivity contribution is 0.0720. The Morgan fingerprint density at radius 3 is 2.45 bits per heavy atom. The van der Waals surface area contributed by atoms with Gasteiger partial charge in [0.25, 0.3) is 5.91 Å². The van der Waals surface area contributed by atoms with E-state index in [9.17, 15) is 13.2 Å². The molecule has 0 aromatic heterocycles. The van der Waals surface area contributed by atoms with E-state index in [4.69, 9.17) is 5.14 Å². The van der Waals surface area contributed by atoms with Gasteiger partial charge in [0.15, 0.2) is 0 Å². The first-order valence-corrected chi connectivity index (χ1v) is 9.20. The number of likely N-dealkylation sites (tertiary alicyclic amines) is 1. The number of nitrogens with two attached hydrogens (primary N) is 1. The fourth-order valence-corrected chi connectivity index (χ4v) is 3.41. The van der Waals surface area contributed by atoms with E-state index in [1.807, 2.05) is 6.26 Å². The van der Waals surface area contributed by atoms with E-state index in [-0.39, 0.29) is 10.8 Å². The third-order valence-electron chi connectivity index (χ3n) is 3.37. The normalized spacial score (nSPS) is 16.2. The van der Waals surface area contributed by atoms with E-state index >= 15 is 0 Å². The van der Waals surface area contributed by atoms with E-state index in [0.29, 0.717) is 5.56 Å². The lowest BCUT2D eigenvalue weighted by Crippen LogP contribution is -2.36. The Bertz CT molecular complexity index is 608. The Morgan fingerprint density at radius 2 is 1.90 bits per heavy atom. The van der Waals surface area contributed by atoms with Gasteiger partial charge in [-0.1, -0.05) is 0 Å². The zero-order valence-corrected chi connectivity index (χ0v) is 13.0. The summed E-state index contributed by atoms with van der Waals surface area (Å²) in [6, 6.07) is 4.47. The molecule has 5 nitrogen and oxygen atoms in total. The van der Waals surface area contributed by atoms with Crippen LogP contribution in [0.2, 0.25) is 0 Å². The highest BCUT2D eigenvalue weighted by Crippen LogP contribution is 2.25. The van der Waals surface area contributed by atoms with Gasteiger partial charge in [0, 0.05) is 18.0 Å². The molecule has 0 bridgehead atoms. The van der Waals surface area contributed by atoms with Gasteiger partial charge in [-0.05, 0) is 43.7 Å². The first kappa shape index (κ1) is 15.3. The largest absolute Gasteiger partial charge is 0.339 e. The standard InChI is InChI=1S/C13H18N2O3S2/c1-19-12-6-5-10(20(14,17)18)9-11(12)13(16)15-7-3-2-4-8-15/h5-6,9H,2-4,7-8H2,1H3,(H2,14,17,18). The highest BCUT2D eigenvalue weighted by molar-refractivity contribution is 7.98. The minimum absolute atomic E-state index is 0.0179. The number of amides is 1. The summed E-state index contributed by atoms with van der Waals surface area (Å²) in [5, 5.41) is 5.14. The van der Waals surface area contributed by atoms with Crippen LogP contribution in [-0.2, 0) is 10.0 Å². The van der Waals surface area contributed by atoms with Gasteiger partial charge >= 0.3 is 0 Å². The number of piperidine rings is 1. The van der Waals surface area contributed by atoms with Crippen molar-refractivity contribution < 1.29 is 13.2 Å². The van der Waals surface area contributed by atoms with Crippen molar-refractivity contribution in [2.45, 2.75) is 29.1 Å². The number of benzene rings is 1. The number of hydrogen-bond donors (Lipinski definition) is 1. The van der Waals surface area contributed by atoms with Crippen LogP contribution in [0.25, 0.3) is 0 Å². The molecule has 1 aliphatic heterocycles. The number of carbonyl (C=O) groups is 1. The molecule has 110 valence electrons. The van der Waals surface area contributed by atoms with Crippen molar-refractivity contribution in [2.24, 2.45) is 5.14 Å². The summed E-state index contributed by atoms with van der Waals surface area (Å²) in [6.45, 7) is 1.46. The van der Waals surface area contributed by atoms with E-state index in [2.05, 4.69) is 0 Å². The molecular formula is C13H18N2O3S2. The van der Waals surface area contributed by atoms with Crippen LogP contribution in [0, 0.1) is 0 Å². The quantitative estimate of drug-likeness (QED) is 0.861. The summed E-state index contributed by atoms with van der Waals surface area (Å²) in [6.07, 6.45) is 4.99. The monoisotopic (exact) mass is 314 g/mol. The minimum Gasteiger partial charge on any atom is -0.339 e. The fraction of sp³-hybridized carbons (Fsp3) is 0.462. The lowest BCUT2D eigenvalue weighted by atomic mass is 10.1. The number of carbonyl (C=O) groups excluding carboxylic acids is 1. The Kier molecular flexibility index (Phi) is 4.72. The molecule has 7 heteroatoms. The van der Waals surface area contributed by atoms with E-state index in [0.717, 1.165) is 37.2 Å². The number of rotatable bonds is 3. The molecule has 1 aromatic rings. The number of nitrogens with zero attached hydrogens (tertiary/aromatic N) is 1. The molecule has 0 spiro atoms. The predicted octanol–water partition coefficient (Wildman–Crippen LogP) is 1.68. The van der Waals surface area contributed by atoms with Crippen LogP contribution in [0.5, 0.6) is 0 Å². The van der Waals surface area contributed by atoms with Crippen LogP contribution < -0.4 is 5.14 Å². The van der Waals surface area contributed by atoms with Crippen LogP contribution in [0.4, 0.5) is 0 Å². The smallest absolute Gasteiger partial charge is 0.255 e. The second kappa shape index (κ2) is 6.15. The molecule has 1 heterocycles. The summed E-state index contributed by atoms with van der Waals surface area (Å²) >= 11 is 1.42. The summed E-state index contributed by atoms with van der Waals surface area (Å²) in [5.41, 5.74) is 0.422. The summed E-state index contributed by atoms with van der Waals surface area (Å²) < 4.78 is 22.9. The average molecular weight is 314 g/mol. The third-order valence-corrected chi connectivity index (χ3v) is 5.08. The van der Waals surface area contributed by atoms with Gasteiger partial charge in [-0.3, -0.25) is 4.79 Å². The van der Waals surface area contributed by atoms with E-state index in [1.165, 1.54) is 23.9 Å². The molecular weight excluding hydrogens is 296 g/mol. The SMILES string of the molecule is CSc1ccc(S(N)(=O)=O)cc1C(=O)N1CCCCC1. The molecule has 1 amide bonds. The summed E-state index contributed by atoms with van der Waals surface area (Å²) in [5.74, 6) is -0.112. The number of primary sulfonamides is 1. The molecule has 0 saturated carbocycles. The molecule has 20 heavy (non-hydrogen) atoms. The number of hydrogen-bond acceptors (Lipinski definition) is 4. The molecule has 0 atom stereocenters. The molecule has 0 radical (unpaired) electrons. The zero-order chi connectivity index (χ0) is 14.8. The van der Waals surface area contributed by atoms with Crippen LogP contribution in [0.3, 0.4) is 0 Å². The van der Waals surface area contributed by atoms with E-state index < -0.39 is 10.0 Å². The second-order valence-corrected chi connectivity index (χ2v) is 7.17. The Labute approximate surface area is 123 Å². The Balaban J connectivity index is 2.39. The van der Waals surface area contributed by atoms with Crippen molar-refractivity contribution in [3.05, 3.63) is 23.8 Å². The molecule has 1 saturated heterocycles. The van der Waals surface area contributed by atoms with Gasteiger partial charge in [0.05, 0.1) is 10.5 Å². The van der Waals surface area contributed by atoms with Crippen molar-refractivity contribution in [2.75, 3.05) is 19.3 Å². The maximum absolute atomic E-state index is 12.5. The lowest BCUT2D eigenvalue weighted by Gasteiger charge is -2.27. The molecule has 0 unspecified atom stereocenters. The summed E-state index contributed by atoms with van der Waals surface area (Å²) in [7, 11) is -3.79. The van der Waals surface area contributed by atoms with Gasteiger partial charge in [0.2, 0.25) is 10.0 Å². The van der Waals surface area contributed by atoms with Gasteiger partial charge in [0.1, 0.15) is 0 Å². The first-order valence-electron chi connectivity index (χ1n) is 6.43. The van der Waals surface area contributed by atoms with Crippen molar-refractivity contribution >= 4 is 27.7 Å². The minimum atomic E-state index is -3.79. The van der Waals surface area contributed by atoms with Crippen molar-refractivity contribution in [1.29, 1.82) is 0 Å². The number of sulfonamides is 1. The molecule has 1 aliphatic rings. The average Bonchev–Trinajstić information content (AvgIpc) is 2.45. The first-order chi connectivity index (χ1) is 9.43. The highest BCUT2D eigenvalue weighted by atomic mass is 32.2. The molecule has 1 fully saturated rings. The molecule has 1 aromatic carbocycles. The van der Waals surface area contributed by atoms with Crippen LogP contribution in [0.1, 0.15) is 29.6 Å². The number of thioether (sulfide) groups is 1. The maximum atomic E-state index is 12.5. The van der Waals surface area contributed by atoms with Crippen LogP contribution in [0.15, 0.2) is 28.0 Å². The van der Waals surface area contributed by atoms with Crippen molar-refractivity contribution in [3.8, 4) is 0 Å². The highest BCUT2D eigenvalue weighted by Gasteiger charge is 2.22. The Hall–Kier alpha value is -1.05. The van der Waals surface area contributed by atoms with Gasteiger partial charge in [-0.2, -0.15) is 0 Å². The predicted molar refractivity (Wildman–Crippen MR) is 79.4 cm³/mol. The van der Waals surface area contributed by atoms with Gasteiger partial charge in [-0.15, -0.1) is 11.8 Å². The van der Waals surface area contributed by atoms with Crippen LogP contribution >= 0.6 is 11.8 Å². The molecule has 0 aliphatic carbocycles. The van der Waals surface area contributed by atoms with Crippen molar-refractivity contribution in [1.82, 2.24) is 4.90 Å². The van der Waals surface area contributed by atoms with Crippen LogP contribution in [-0.4, -0.2) is 38.6 Å². The van der Waals surface area contributed by atoms with Gasteiger partial charge in [-0.25, -0.2) is 13.6 Å². The zero-order valence-electron chi connectivity index (χ0n) is 11.3. The maximum Gasteiger partial charge on any atom is 0.255 e. The third kappa shape index (κ3) is 3.34. The van der Waals surface area contributed by atoms with Crippen molar-refractivity contribution in [3.63, 3.8) is 0 Å².